The summed E-state index contributed by atoms with van der Waals surface area (Å²) in [7, 11) is 0. The van der Waals surface area contributed by atoms with Gasteiger partial charge >= 0.3 is 0 Å². The first kappa shape index (κ1) is 14.0. The van der Waals surface area contributed by atoms with Gasteiger partial charge in [-0.25, -0.2) is 0 Å². The highest BCUT2D eigenvalue weighted by Crippen LogP contribution is 2.17. The maximum absolute atomic E-state index is 9.03. The van der Waals surface area contributed by atoms with E-state index in [9.17, 15) is 0 Å². The molecule has 0 aliphatic carbocycles. The monoisotopic (exact) mass is 266 g/mol. The van der Waals surface area contributed by atoms with E-state index in [4.69, 9.17) is 10.00 Å². The first-order valence-electron chi connectivity index (χ1n) is 6.67. The zero-order valence-corrected chi connectivity index (χ0v) is 11.8. The number of nitrogens with one attached hydrogen (secondary N) is 1. The molecule has 2 aromatic rings. The third kappa shape index (κ3) is 3.76. The van der Waals surface area contributed by atoms with Gasteiger partial charge in [0.1, 0.15) is 11.8 Å². The predicted molar refractivity (Wildman–Crippen MR) is 80.7 cm³/mol. The Hall–Kier alpha value is -2.47. The molecule has 20 heavy (non-hydrogen) atoms. The molecule has 0 amide bonds. The van der Waals surface area contributed by atoms with Crippen LogP contribution < -0.4 is 10.1 Å². The molecule has 0 saturated carbocycles. The molecule has 3 heteroatoms. The lowest BCUT2D eigenvalue weighted by Crippen LogP contribution is -2.05. The van der Waals surface area contributed by atoms with Crippen molar-refractivity contribution in [2.24, 2.45) is 0 Å². The van der Waals surface area contributed by atoms with Crippen LogP contribution in [0.25, 0.3) is 0 Å². The number of ether oxygens (including phenoxy) is 1. The second kappa shape index (κ2) is 6.63. The van der Waals surface area contributed by atoms with E-state index in [1.54, 1.807) is 0 Å². The molecule has 0 bridgehead atoms. The first-order chi connectivity index (χ1) is 9.69. The van der Waals surface area contributed by atoms with E-state index in [1.165, 1.54) is 0 Å². The van der Waals surface area contributed by atoms with Gasteiger partial charge in [0.2, 0.25) is 0 Å². The third-order valence-corrected chi connectivity index (χ3v) is 2.83. The van der Waals surface area contributed by atoms with Crippen molar-refractivity contribution in [3.8, 4) is 11.8 Å². The van der Waals surface area contributed by atoms with E-state index in [2.05, 4.69) is 11.4 Å². The number of hydrogen-bond acceptors (Lipinski definition) is 3. The molecule has 1 N–H and O–H groups in total. The van der Waals surface area contributed by atoms with Gasteiger partial charge in [-0.1, -0.05) is 24.3 Å². The minimum atomic E-state index is 0.182. The van der Waals surface area contributed by atoms with Crippen molar-refractivity contribution < 1.29 is 4.74 Å². The molecule has 2 rings (SSSR count). The fourth-order valence-corrected chi connectivity index (χ4v) is 1.89. The van der Waals surface area contributed by atoms with Crippen LogP contribution in [0.3, 0.4) is 0 Å². The van der Waals surface area contributed by atoms with Gasteiger partial charge in [0, 0.05) is 6.54 Å². The van der Waals surface area contributed by atoms with E-state index >= 15 is 0 Å². The molecule has 0 saturated heterocycles. The van der Waals surface area contributed by atoms with Gasteiger partial charge in [0.15, 0.2) is 0 Å². The molecule has 0 aliphatic rings. The third-order valence-electron chi connectivity index (χ3n) is 2.83. The quantitative estimate of drug-likeness (QED) is 0.891. The number of hydrogen-bond donors (Lipinski definition) is 1. The minimum absolute atomic E-state index is 0.182. The number of anilines is 1. The molecule has 3 nitrogen and oxygen atoms in total. The Morgan fingerprint density at radius 2 is 1.80 bits per heavy atom. The predicted octanol–water partition coefficient (Wildman–Crippen LogP) is 3.96. The molecule has 0 aromatic heterocycles. The van der Waals surface area contributed by atoms with Gasteiger partial charge < -0.3 is 10.1 Å². The molecule has 0 spiro atoms. The van der Waals surface area contributed by atoms with E-state index < -0.39 is 0 Å². The Bertz CT molecular complexity index is 597. The summed E-state index contributed by atoms with van der Waals surface area (Å²) < 4.78 is 5.60. The van der Waals surface area contributed by atoms with Crippen LogP contribution in [0.4, 0.5) is 5.69 Å². The van der Waals surface area contributed by atoms with Gasteiger partial charge in [0.25, 0.3) is 0 Å². The number of nitrogens with zero attached hydrogens (tertiary/aromatic N) is 1. The number of rotatable bonds is 5. The van der Waals surface area contributed by atoms with Gasteiger partial charge in [-0.3, -0.25) is 0 Å². The molecule has 2 aromatic carbocycles. The topological polar surface area (TPSA) is 45.0 Å². The standard InChI is InChI=1S/C17H18N2O/c1-13(2)20-16-9-7-14(8-10-16)12-19-17-6-4-3-5-15(17)11-18/h3-10,13,19H,12H2,1-2H3. The second-order valence-corrected chi connectivity index (χ2v) is 4.82. The van der Waals surface area contributed by atoms with Crippen molar-refractivity contribution in [2.45, 2.75) is 26.5 Å². The Balaban J connectivity index is 1.99. The Labute approximate surface area is 119 Å². The van der Waals surface area contributed by atoms with Crippen molar-refractivity contribution in [3.05, 3.63) is 59.7 Å². The van der Waals surface area contributed by atoms with Crippen LogP contribution in [-0.2, 0) is 6.54 Å². The van der Waals surface area contributed by atoms with Crippen LogP contribution >= 0.6 is 0 Å². The molecule has 0 radical (unpaired) electrons. The van der Waals surface area contributed by atoms with Crippen molar-refractivity contribution >= 4 is 5.69 Å². The molecule has 0 aliphatic heterocycles. The van der Waals surface area contributed by atoms with Crippen molar-refractivity contribution in [2.75, 3.05) is 5.32 Å². The maximum atomic E-state index is 9.03. The molecule has 0 atom stereocenters. The fraction of sp³-hybridized carbons (Fsp3) is 0.235. The van der Waals surface area contributed by atoms with E-state index in [-0.39, 0.29) is 6.10 Å². The summed E-state index contributed by atoms with van der Waals surface area (Å²) in [6.45, 7) is 4.70. The van der Waals surface area contributed by atoms with Crippen LogP contribution in [0.5, 0.6) is 5.75 Å². The summed E-state index contributed by atoms with van der Waals surface area (Å²) in [5.74, 6) is 0.876. The average Bonchev–Trinajstić information content (AvgIpc) is 2.46. The van der Waals surface area contributed by atoms with Crippen molar-refractivity contribution in [1.82, 2.24) is 0 Å². The molecule has 0 fully saturated rings. The number of para-hydroxylation sites is 1. The van der Waals surface area contributed by atoms with Crippen molar-refractivity contribution in [1.29, 1.82) is 5.26 Å². The second-order valence-electron chi connectivity index (χ2n) is 4.82. The smallest absolute Gasteiger partial charge is 0.119 e. The van der Waals surface area contributed by atoms with Crippen LogP contribution in [0, 0.1) is 11.3 Å². The largest absolute Gasteiger partial charge is 0.491 e. The van der Waals surface area contributed by atoms with E-state index in [0.717, 1.165) is 17.0 Å². The van der Waals surface area contributed by atoms with Gasteiger partial charge in [-0.05, 0) is 43.7 Å². The number of nitriles is 1. The summed E-state index contributed by atoms with van der Waals surface area (Å²) in [5, 5.41) is 12.3. The average molecular weight is 266 g/mol. The summed E-state index contributed by atoms with van der Waals surface area (Å²) in [6.07, 6.45) is 0.182. The fourth-order valence-electron chi connectivity index (χ4n) is 1.89. The SMILES string of the molecule is CC(C)Oc1ccc(CNc2ccccc2C#N)cc1. The molecular formula is C17H18N2O. The van der Waals surface area contributed by atoms with E-state index in [1.807, 2.05) is 62.4 Å². The van der Waals surface area contributed by atoms with Crippen LogP contribution in [0.1, 0.15) is 25.0 Å². The summed E-state index contributed by atoms with van der Waals surface area (Å²) in [5.41, 5.74) is 2.67. The minimum Gasteiger partial charge on any atom is -0.491 e. The molecule has 102 valence electrons. The first-order valence-corrected chi connectivity index (χ1v) is 6.67. The number of benzene rings is 2. The maximum Gasteiger partial charge on any atom is 0.119 e. The highest BCUT2D eigenvalue weighted by atomic mass is 16.5. The molecule has 0 unspecified atom stereocenters. The molecule has 0 heterocycles. The summed E-state index contributed by atoms with van der Waals surface area (Å²) in [4.78, 5) is 0. The van der Waals surface area contributed by atoms with E-state index in [0.29, 0.717) is 12.1 Å². The van der Waals surface area contributed by atoms with Crippen molar-refractivity contribution in [3.63, 3.8) is 0 Å². The highest BCUT2D eigenvalue weighted by Gasteiger charge is 2.01. The van der Waals surface area contributed by atoms with Crippen LogP contribution in [0.2, 0.25) is 0 Å². The Morgan fingerprint density at radius 3 is 2.45 bits per heavy atom. The van der Waals surface area contributed by atoms with Gasteiger partial charge in [0.05, 0.1) is 17.4 Å². The zero-order valence-electron chi connectivity index (χ0n) is 11.8. The molecular weight excluding hydrogens is 248 g/mol. The zero-order chi connectivity index (χ0) is 14.4. The Kier molecular flexibility index (Phi) is 4.62. The van der Waals surface area contributed by atoms with Gasteiger partial charge in [-0.15, -0.1) is 0 Å². The van der Waals surface area contributed by atoms with Crippen LogP contribution in [-0.4, -0.2) is 6.10 Å². The normalized spacial score (nSPS) is 10.1. The summed E-state index contributed by atoms with van der Waals surface area (Å²) in [6, 6.07) is 17.7. The lowest BCUT2D eigenvalue weighted by molar-refractivity contribution is 0.242. The Morgan fingerprint density at radius 1 is 1.10 bits per heavy atom. The van der Waals surface area contributed by atoms with Gasteiger partial charge in [-0.2, -0.15) is 5.26 Å². The highest BCUT2D eigenvalue weighted by molar-refractivity contribution is 5.57. The summed E-state index contributed by atoms with van der Waals surface area (Å²) >= 11 is 0. The van der Waals surface area contributed by atoms with Crippen LogP contribution in [0.15, 0.2) is 48.5 Å². The lowest BCUT2D eigenvalue weighted by atomic mass is 10.1. The lowest BCUT2D eigenvalue weighted by Gasteiger charge is -2.11.